The van der Waals surface area contributed by atoms with Crippen molar-refractivity contribution < 1.29 is 19.1 Å². The van der Waals surface area contributed by atoms with Crippen LogP contribution in [-0.4, -0.2) is 44.8 Å². The molecule has 1 aliphatic heterocycles. The Morgan fingerprint density at radius 1 is 1.11 bits per heavy atom. The van der Waals surface area contributed by atoms with Crippen LogP contribution in [0, 0.1) is 5.92 Å². The van der Waals surface area contributed by atoms with Crippen molar-refractivity contribution in [1.82, 2.24) is 14.7 Å². The summed E-state index contributed by atoms with van der Waals surface area (Å²) in [7, 11) is 0. The molecule has 1 aromatic carbocycles. The quantitative estimate of drug-likeness (QED) is 0.750. The molecule has 1 fully saturated rings. The zero-order valence-electron chi connectivity index (χ0n) is 14.6. The molecule has 3 aromatic rings. The van der Waals surface area contributed by atoms with Gasteiger partial charge in [-0.25, -0.2) is 0 Å². The fraction of sp³-hybridized carbons (Fsp3) is 0.250. The van der Waals surface area contributed by atoms with Gasteiger partial charge in [-0.15, -0.1) is 0 Å². The highest BCUT2D eigenvalue weighted by Crippen LogP contribution is 2.33. The molecule has 0 radical (unpaired) electrons. The largest absolute Gasteiger partial charge is 0.481 e. The normalized spacial score (nSPS) is 19.3. The average Bonchev–Trinajstić information content (AvgIpc) is 3.43. The number of carbonyl (C=O) groups is 2. The molecule has 1 aliphatic rings. The van der Waals surface area contributed by atoms with E-state index in [0.717, 1.165) is 5.56 Å². The molecule has 138 valence electrons. The molecule has 1 amide bonds. The number of hydrogen-bond acceptors (Lipinski definition) is 4. The number of likely N-dealkylation sites (tertiary alicyclic amines) is 1. The van der Waals surface area contributed by atoms with E-state index < -0.39 is 11.9 Å². The summed E-state index contributed by atoms with van der Waals surface area (Å²) >= 11 is 0. The number of rotatable bonds is 5. The number of carboxylic acid groups (broad SMARTS) is 1. The van der Waals surface area contributed by atoms with E-state index in [-0.39, 0.29) is 24.1 Å². The predicted molar refractivity (Wildman–Crippen MR) is 96.2 cm³/mol. The van der Waals surface area contributed by atoms with Crippen molar-refractivity contribution in [2.75, 3.05) is 13.1 Å². The second-order valence-corrected chi connectivity index (χ2v) is 6.64. The molecule has 2 aromatic heterocycles. The van der Waals surface area contributed by atoms with Gasteiger partial charge in [0.1, 0.15) is 5.76 Å². The monoisotopic (exact) mass is 365 g/mol. The number of aliphatic carboxylic acids is 1. The lowest BCUT2D eigenvalue weighted by molar-refractivity contribution is -0.141. The third kappa shape index (κ3) is 3.48. The van der Waals surface area contributed by atoms with Crippen molar-refractivity contribution in [2.45, 2.75) is 12.5 Å². The number of hydrogen-bond donors (Lipinski definition) is 1. The van der Waals surface area contributed by atoms with Crippen LogP contribution in [0.3, 0.4) is 0 Å². The summed E-state index contributed by atoms with van der Waals surface area (Å²) in [5.74, 6) is -1.20. The zero-order chi connectivity index (χ0) is 18.8. The smallest absolute Gasteiger partial charge is 0.308 e. The van der Waals surface area contributed by atoms with Gasteiger partial charge in [0, 0.05) is 31.4 Å². The lowest BCUT2D eigenvalue weighted by atomic mass is 9.89. The molecule has 2 atom stereocenters. The molecule has 7 nitrogen and oxygen atoms in total. The number of furan rings is 1. The van der Waals surface area contributed by atoms with E-state index in [1.54, 1.807) is 27.9 Å². The Bertz CT molecular complexity index is 933. The number of aromatic nitrogens is 2. The SMILES string of the molecule is O=C(O)[C@@H]1CN(C(=O)c2ccc(Cn3cccn3)o2)C[C@H]1c1ccccc1. The number of carboxylic acids is 1. The van der Waals surface area contributed by atoms with E-state index >= 15 is 0 Å². The summed E-state index contributed by atoms with van der Waals surface area (Å²) in [4.78, 5) is 26.1. The Morgan fingerprint density at radius 3 is 2.63 bits per heavy atom. The topological polar surface area (TPSA) is 88.6 Å². The Labute approximate surface area is 155 Å². The highest BCUT2D eigenvalue weighted by molar-refractivity contribution is 5.92. The molecule has 7 heteroatoms. The maximum Gasteiger partial charge on any atom is 0.308 e. The third-order valence-electron chi connectivity index (χ3n) is 4.90. The van der Waals surface area contributed by atoms with Gasteiger partial charge in [-0.05, 0) is 23.8 Å². The lowest BCUT2D eigenvalue weighted by Gasteiger charge is -2.15. The summed E-state index contributed by atoms with van der Waals surface area (Å²) in [5, 5.41) is 13.7. The van der Waals surface area contributed by atoms with Gasteiger partial charge < -0.3 is 14.4 Å². The predicted octanol–water partition coefficient (Wildman–Crippen LogP) is 2.46. The molecule has 0 bridgehead atoms. The van der Waals surface area contributed by atoms with Crippen LogP contribution in [0.2, 0.25) is 0 Å². The van der Waals surface area contributed by atoms with Crippen molar-refractivity contribution in [1.29, 1.82) is 0 Å². The fourth-order valence-corrected chi connectivity index (χ4v) is 3.55. The molecule has 4 rings (SSSR count). The van der Waals surface area contributed by atoms with E-state index in [2.05, 4.69) is 5.10 Å². The Kier molecular flexibility index (Phi) is 4.50. The molecule has 0 saturated carbocycles. The van der Waals surface area contributed by atoms with Crippen molar-refractivity contribution >= 4 is 11.9 Å². The summed E-state index contributed by atoms with van der Waals surface area (Å²) < 4.78 is 7.37. The van der Waals surface area contributed by atoms with E-state index in [9.17, 15) is 14.7 Å². The van der Waals surface area contributed by atoms with Crippen LogP contribution in [0.25, 0.3) is 0 Å². The second-order valence-electron chi connectivity index (χ2n) is 6.64. The molecule has 0 aliphatic carbocycles. The fourth-order valence-electron chi connectivity index (χ4n) is 3.55. The van der Waals surface area contributed by atoms with Gasteiger partial charge >= 0.3 is 5.97 Å². The van der Waals surface area contributed by atoms with Gasteiger partial charge in [0.25, 0.3) is 5.91 Å². The number of carbonyl (C=O) groups excluding carboxylic acids is 1. The molecule has 27 heavy (non-hydrogen) atoms. The van der Waals surface area contributed by atoms with E-state index in [0.29, 0.717) is 18.8 Å². The second kappa shape index (κ2) is 7.11. The first kappa shape index (κ1) is 17.1. The summed E-state index contributed by atoms with van der Waals surface area (Å²) in [6.45, 7) is 0.961. The van der Waals surface area contributed by atoms with Gasteiger partial charge in [-0.2, -0.15) is 5.10 Å². The van der Waals surface area contributed by atoms with Crippen LogP contribution in [0.1, 0.15) is 27.8 Å². The summed E-state index contributed by atoms with van der Waals surface area (Å²) in [5.41, 5.74) is 0.930. The molecule has 0 unspecified atom stereocenters. The number of nitrogens with zero attached hydrogens (tertiary/aromatic N) is 3. The Morgan fingerprint density at radius 2 is 1.93 bits per heavy atom. The standard InChI is InChI=1S/C20H19N3O4/c24-19(18-8-7-15(27-18)11-23-10-4-9-21-23)22-12-16(17(13-22)20(25)26)14-5-2-1-3-6-14/h1-10,16-17H,11-13H2,(H,25,26)/t16-,17+/m0/s1. The number of benzene rings is 1. The maximum absolute atomic E-state index is 12.8. The average molecular weight is 365 g/mol. The molecule has 1 N–H and O–H groups in total. The van der Waals surface area contributed by atoms with Gasteiger partial charge in [-0.1, -0.05) is 30.3 Å². The van der Waals surface area contributed by atoms with E-state index in [1.807, 2.05) is 42.6 Å². The molecule has 1 saturated heterocycles. The van der Waals surface area contributed by atoms with Gasteiger partial charge in [0.2, 0.25) is 0 Å². The van der Waals surface area contributed by atoms with Crippen molar-refractivity contribution in [3.8, 4) is 0 Å². The van der Waals surface area contributed by atoms with Crippen LogP contribution in [0.4, 0.5) is 0 Å². The molecular formula is C20H19N3O4. The van der Waals surface area contributed by atoms with Crippen molar-refractivity contribution in [2.24, 2.45) is 5.92 Å². The van der Waals surface area contributed by atoms with Gasteiger partial charge in [-0.3, -0.25) is 14.3 Å². The number of amides is 1. The minimum atomic E-state index is -0.891. The molecule has 3 heterocycles. The van der Waals surface area contributed by atoms with Crippen LogP contribution < -0.4 is 0 Å². The first-order valence-electron chi connectivity index (χ1n) is 8.75. The van der Waals surface area contributed by atoms with Crippen molar-refractivity contribution in [3.63, 3.8) is 0 Å². The minimum absolute atomic E-state index is 0.170. The summed E-state index contributed by atoms with van der Waals surface area (Å²) in [6, 6.07) is 14.7. The highest BCUT2D eigenvalue weighted by atomic mass is 16.4. The molecular weight excluding hydrogens is 346 g/mol. The minimum Gasteiger partial charge on any atom is -0.481 e. The van der Waals surface area contributed by atoms with Crippen LogP contribution in [0.15, 0.2) is 65.3 Å². The maximum atomic E-state index is 12.8. The van der Waals surface area contributed by atoms with Crippen LogP contribution in [0.5, 0.6) is 0 Å². The highest BCUT2D eigenvalue weighted by Gasteiger charge is 2.41. The van der Waals surface area contributed by atoms with Gasteiger partial charge in [0.15, 0.2) is 5.76 Å². The van der Waals surface area contributed by atoms with Crippen molar-refractivity contribution in [3.05, 3.63) is 78.0 Å². The van der Waals surface area contributed by atoms with Crippen LogP contribution >= 0.6 is 0 Å². The van der Waals surface area contributed by atoms with Gasteiger partial charge in [0.05, 0.1) is 12.5 Å². The Hall–Kier alpha value is -3.35. The van der Waals surface area contributed by atoms with Crippen LogP contribution in [-0.2, 0) is 11.3 Å². The first-order chi connectivity index (χ1) is 13.1. The zero-order valence-corrected chi connectivity index (χ0v) is 14.6. The Balaban J connectivity index is 1.50. The van der Waals surface area contributed by atoms with E-state index in [4.69, 9.17) is 4.42 Å². The summed E-state index contributed by atoms with van der Waals surface area (Å²) in [6.07, 6.45) is 3.49. The van der Waals surface area contributed by atoms with E-state index in [1.165, 1.54) is 0 Å². The third-order valence-corrected chi connectivity index (χ3v) is 4.90. The molecule has 0 spiro atoms. The first-order valence-corrected chi connectivity index (χ1v) is 8.75. The lowest BCUT2D eigenvalue weighted by Crippen LogP contribution is -2.29.